The van der Waals surface area contributed by atoms with Crippen molar-refractivity contribution in [3.05, 3.63) is 66.4 Å². The van der Waals surface area contributed by atoms with Crippen molar-refractivity contribution < 1.29 is 9.53 Å². The molecule has 6 heteroatoms. The zero-order valence-corrected chi connectivity index (χ0v) is 16.7. The van der Waals surface area contributed by atoms with Crippen LogP contribution >= 0.6 is 0 Å². The molecule has 1 amide bonds. The summed E-state index contributed by atoms with van der Waals surface area (Å²) in [5.74, 6) is 0.810. The number of benzene rings is 2. The molecule has 4 rings (SSSR count). The molecule has 0 saturated carbocycles. The van der Waals surface area contributed by atoms with Crippen molar-refractivity contribution in [1.29, 1.82) is 0 Å². The smallest absolute Gasteiger partial charge is 0.252 e. The van der Waals surface area contributed by atoms with Crippen LogP contribution in [0.15, 0.2) is 60.8 Å². The van der Waals surface area contributed by atoms with Crippen LogP contribution in [0.1, 0.15) is 10.4 Å². The number of rotatable bonds is 6. The van der Waals surface area contributed by atoms with E-state index < -0.39 is 0 Å². The summed E-state index contributed by atoms with van der Waals surface area (Å²) in [5, 5.41) is 4.00. The van der Waals surface area contributed by atoms with Crippen molar-refractivity contribution in [3.63, 3.8) is 0 Å². The van der Waals surface area contributed by atoms with Gasteiger partial charge in [0, 0.05) is 56.5 Å². The van der Waals surface area contributed by atoms with Crippen molar-refractivity contribution in [1.82, 2.24) is 15.2 Å². The summed E-state index contributed by atoms with van der Waals surface area (Å²) in [5.41, 5.74) is 2.73. The third-order valence-electron chi connectivity index (χ3n) is 5.38. The summed E-state index contributed by atoms with van der Waals surface area (Å²) in [4.78, 5) is 21.6. The number of aromatic nitrogens is 1. The maximum atomic E-state index is 12.4. The van der Waals surface area contributed by atoms with E-state index in [1.165, 1.54) is 5.69 Å². The monoisotopic (exact) mass is 390 g/mol. The highest BCUT2D eigenvalue weighted by molar-refractivity contribution is 5.97. The van der Waals surface area contributed by atoms with Crippen LogP contribution < -0.4 is 15.0 Å². The fourth-order valence-electron chi connectivity index (χ4n) is 3.65. The molecule has 29 heavy (non-hydrogen) atoms. The highest BCUT2D eigenvalue weighted by Crippen LogP contribution is 2.20. The number of pyridine rings is 1. The summed E-state index contributed by atoms with van der Waals surface area (Å²) in [7, 11) is 1.68. The predicted molar refractivity (Wildman–Crippen MR) is 116 cm³/mol. The van der Waals surface area contributed by atoms with Crippen molar-refractivity contribution in [2.24, 2.45) is 0 Å². The van der Waals surface area contributed by atoms with Crippen LogP contribution in [0.4, 0.5) is 5.69 Å². The summed E-state index contributed by atoms with van der Waals surface area (Å²) in [6.45, 7) is 5.42. The van der Waals surface area contributed by atoms with Crippen LogP contribution in [0.25, 0.3) is 10.9 Å². The van der Waals surface area contributed by atoms with Gasteiger partial charge in [-0.1, -0.05) is 18.2 Å². The molecular formula is C23H26N4O2. The number of fused-ring (bicyclic) bond motifs is 1. The van der Waals surface area contributed by atoms with Crippen LogP contribution in [0.3, 0.4) is 0 Å². The van der Waals surface area contributed by atoms with E-state index in [2.05, 4.69) is 32.2 Å². The first-order chi connectivity index (χ1) is 14.2. The fourth-order valence-corrected chi connectivity index (χ4v) is 3.65. The fraction of sp³-hybridized carbons (Fsp3) is 0.304. The molecule has 1 aromatic heterocycles. The van der Waals surface area contributed by atoms with E-state index in [0.717, 1.165) is 49.4 Å². The van der Waals surface area contributed by atoms with E-state index in [1.807, 2.05) is 42.5 Å². The molecule has 0 aliphatic carbocycles. The van der Waals surface area contributed by atoms with Gasteiger partial charge in [-0.2, -0.15) is 0 Å². The Bertz CT molecular complexity index is 966. The van der Waals surface area contributed by atoms with Gasteiger partial charge in [0.05, 0.1) is 18.2 Å². The quantitative estimate of drug-likeness (QED) is 0.701. The van der Waals surface area contributed by atoms with Crippen LogP contribution in [0, 0.1) is 0 Å². The molecule has 3 aromatic rings. The number of nitrogens with zero attached hydrogens (tertiary/aromatic N) is 3. The highest BCUT2D eigenvalue weighted by Gasteiger charge is 2.17. The van der Waals surface area contributed by atoms with Crippen molar-refractivity contribution in [2.75, 3.05) is 51.3 Å². The summed E-state index contributed by atoms with van der Waals surface area (Å²) in [6, 6.07) is 17.9. The number of methoxy groups -OCH3 is 1. The predicted octanol–water partition coefficient (Wildman–Crippen LogP) is 2.80. The van der Waals surface area contributed by atoms with Gasteiger partial charge in [-0.05, 0) is 36.4 Å². The van der Waals surface area contributed by atoms with E-state index in [-0.39, 0.29) is 5.91 Å². The second-order valence-corrected chi connectivity index (χ2v) is 7.20. The first-order valence-electron chi connectivity index (χ1n) is 9.97. The summed E-state index contributed by atoms with van der Waals surface area (Å²) in [6.07, 6.45) is 1.64. The number of anilines is 1. The molecule has 1 aliphatic rings. The number of para-hydroxylation sites is 1. The van der Waals surface area contributed by atoms with Crippen LogP contribution in [0.2, 0.25) is 0 Å². The van der Waals surface area contributed by atoms with Gasteiger partial charge in [0.1, 0.15) is 5.75 Å². The number of hydrogen-bond acceptors (Lipinski definition) is 5. The zero-order valence-electron chi connectivity index (χ0n) is 16.7. The summed E-state index contributed by atoms with van der Waals surface area (Å²) >= 11 is 0. The molecule has 6 nitrogen and oxygen atoms in total. The molecule has 0 atom stereocenters. The third-order valence-corrected chi connectivity index (χ3v) is 5.38. The normalized spacial score (nSPS) is 14.7. The molecule has 2 heterocycles. The Hall–Kier alpha value is -3.12. The lowest BCUT2D eigenvalue weighted by atomic mass is 10.1. The Labute approximate surface area is 171 Å². The minimum atomic E-state index is -0.0693. The Morgan fingerprint density at radius 3 is 2.59 bits per heavy atom. The first kappa shape index (κ1) is 19.2. The van der Waals surface area contributed by atoms with E-state index in [4.69, 9.17) is 4.74 Å². The molecule has 1 N–H and O–H groups in total. The van der Waals surface area contributed by atoms with Gasteiger partial charge in [-0.3, -0.25) is 14.7 Å². The molecule has 150 valence electrons. The van der Waals surface area contributed by atoms with Crippen molar-refractivity contribution in [2.45, 2.75) is 0 Å². The minimum absolute atomic E-state index is 0.0693. The first-order valence-corrected chi connectivity index (χ1v) is 9.97. The Balaban J connectivity index is 1.23. The molecule has 1 saturated heterocycles. The van der Waals surface area contributed by atoms with Gasteiger partial charge in [0.2, 0.25) is 0 Å². The van der Waals surface area contributed by atoms with Crippen LogP contribution in [0.5, 0.6) is 5.75 Å². The van der Waals surface area contributed by atoms with E-state index >= 15 is 0 Å². The molecule has 1 aliphatic heterocycles. The molecule has 0 radical (unpaired) electrons. The maximum Gasteiger partial charge on any atom is 0.252 e. The van der Waals surface area contributed by atoms with E-state index in [1.54, 1.807) is 13.3 Å². The average molecular weight is 390 g/mol. The Morgan fingerprint density at radius 1 is 1.07 bits per heavy atom. The zero-order chi connectivity index (χ0) is 20.1. The van der Waals surface area contributed by atoms with Gasteiger partial charge >= 0.3 is 0 Å². The lowest BCUT2D eigenvalue weighted by Gasteiger charge is -2.36. The highest BCUT2D eigenvalue weighted by atomic mass is 16.5. The lowest BCUT2D eigenvalue weighted by molar-refractivity contribution is 0.0947. The van der Waals surface area contributed by atoms with Crippen molar-refractivity contribution in [3.8, 4) is 5.75 Å². The Kier molecular flexibility index (Phi) is 5.91. The van der Waals surface area contributed by atoms with Crippen molar-refractivity contribution >= 4 is 22.5 Å². The molecule has 0 spiro atoms. The third kappa shape index (κ3) is 4.66. The average Bonchev–Trinajstić information content (AvgIpc) is 2.79. The van der Waals surface area contributed by atoms with Gasteiger partial charge in [0.15, 0.2) is 0 Å². The molecule has 1 fully saturated rings. The van der Waals surface area contributed by atoms with Gasteiger partial charge in [-0.15, -0.1) is 0 Å². The molecule has 2 aromatic carbocycles. The maximum absolute atomic E-state index is 12.4. The number of amides is 1. The summed E-state index contributed by atoms with van der Waals surface area (Å²) < 4.78 is 5.23. The van der Waals surface area contributed by atoms with E-state index in [9.17, 15) is 4.79 Å². The minimum Gasteiger partial charge on any atom is -0.497 e. The van der Waals surface area contributed by atoms with Gasteiger partial charge < -0.3 is 15.0 Å². The number of piperazine rings is 1. The SMILES string of the molecule is COc1ccc(N2CCN(CCNC(=O)c3cnc4ccccc4c3)CC2)cc1. The van der Waals surface area contributed by atoms with Crippen LogP contribution in [-0.4, -0.2) is 62.2 Å². The topological polar surface area (TPSA) is 57.7 Å². The number of ether oxygens (including phenoxy) is 1. The largest absolute Gasteiger partial charge is 0.497 e. The molecule has 0 unspecified atom stereocenters. The van der Waals surface area contributed by atoms with Gasteiger partial charge in [0.25, 0.3) is 5.91 Å². The molecular weight excluding hydrogens is 364 g/mol. The standard InChI is InChI=1S/C23H26N4O2/c1-29-21-8-6-20(7-9-21)27-14-12-26(13-15-27)11-10-24-23(28)19-16-18-4-2-3-5-22(18)25-17-19/h2-9,16-17H,10-15H2,1H3,(H,24,28). The molecule has 0 bridgehead atoms. The second kappa shape index (κ2) is 8.92. The van der Waals surface area contributed by atoms with E-state index in [0.29, 0.717) is 12.1 Å². The lowest BCUT2D eigenvalue weighted by Crippen LogP contribution is -2.48. The van der Waals surface area contributed by atoms with Gasteiger partial charge in [-0.25, -0.2) is 0 Å². The number of carbonyl (C=O) groups excluding carboxylic acids is 1. The number of carbonyl (C=O) groups is 1. The number of hydrogen-bond donors (Lipinski definition) is 1. The second-order valence-electron chi connectivity index (χ2n) is 7.20. The number of nitrogens with one attached hydrogen (secondary N) is 1. The Morgan fingerprint density at radius 2 is 1.83 bits per heavy atom. The van der Waals surface area contributed by atoms with Crippen LogP contribution in [-0.2, 0) is 0 Å².